The summed E-state index contributed by atoms with van der Waals surface area (Å²) in [6, 6.07) is 19.6. The maximum Gasteiger partial charge on any atom is 0.264 e. The Balaban J connectivity index is 1.85. The van der Waals surface area contributed by atoms with Crippen LogP contribution in [0.4, 0.5) is 5.69 Å². The van der Waals surface area contributed by atoms with Crippen LogP contribution in [0.15, 0.2) is 71.6 Å². The molecule has 3 aromatic carbocycles. The molecule has 6 nitrogen and oxygen atoms in total. The number of nitrogens with one attached hydrogen (secondary N) is 1. The van der Waals surface area contributed by atoms with Gasteiger partial charge in [0, 0.05) is 6.54 Å². The largest absolute Gasteiger partial charge is 0.494 e. The van der Waals surface area contributed by atoms with Crippen molar-refractivity contribution in [3.8, 4) is 5.75 Å². The quantitative estimate of drug-likeness (QED) is 0.406. The molecule has 3 aromatic rings. The number of ether oxygens (including phenoxy) is 1. The third-order valence-electron chi connectivity index (χ3n) is 5.87. The molecular formula is C28H34N2O4S. The lowest BCUT2D eigenvalue weighted by molar-refractivity contribution is -0.119. The number of carbonyl (C=O) groups is 1. The number of amides is 1. The Hall–Kier alpha value is -3.32. The topological polar surface area (TPSA) is 75.7 Å². The zero-order chi connectivity index (χ0) is 25.4. The highest BCUT2D eigenvalue weighted by Crippen LogP contribution is 2.25. The molecule has 0 aliphatic heterocycles. The van der Waals surface area contributed by atoms with E-state index in [2.05, 4.69) is 37.4 Å². The Labute approximate surface area is 209 Å². The summed E-state index contributed by atoms with van der Waals surface area (Å²) in [5.41, 5.74) is 4.85. The Kier molecular flexibility index (Phi) is 8.93. The van der Waals surface area contributed by atoms with Crippen molar-refractivity contribution in [3.63, 3.8) is 0 Å². The van der Waals surface area contributed by atoms with Crippen LogP contribution < -0.4 is 14.4 Å². The van der Waals surface area contributed by atoms with E-state index in [1.165, 1.54) is 23.3 Å². The molecule has 35 heavy (non-hydrogen) atoms. The van der Waals surface area contributed by atoms with Crippen LogP contribution in [0, 0.1) is 6.92 Å². The summed E-state index contributed by atoms with van der Waals surface area (Å²) in [5, 5.41) is 2.92. The summed E-state index contributed by atoms with van der Waals surface area (Å²) in [7, 11) is -3.98. The van der Waals surface area contributed by atoms with Crippen LogP contribution in [0.1, 0.15) is 43.0 Å². The van der Waals surface area contributed by atoms with Crippen molar-refractivity contribution in [1.82, 2.24) is 5.32 Å². The molecule has 0 saturated heterocycles. The first-order chi connectivity index (χ1) is 16.8. The molecule has 0 saturated carbocycles. The summed E-state index contributed by atoms with van der Waals surface area (Å²) < 4.78 is 33.8. The number of anilines is 1. The number of carbonyl (C=O) groups excluding carboxylic acids is 1. The van der Waals surface area contributed by atoms with Gasteiger partial charge in [-0.15, -0.1) is 0 Å². The molecule has 7 heteroatoms. The number of nitrogens with zero attached hydrogens (tertiary/aromatic N) is 1. The first kappa shape index (κ1) is 26.3. The standard InChI is InChI=1S/C28H34N2O4S/c1-5-22-10-11-23(6-2)24(18-22)19-29-28(31)20-30(25-12-8-21(4)9-13-25)35(32,33)27-16-14-26(15-17-27)34-7-3/h8-18H,5-7,19-20H2,1-4H3,(H,29,31). The van der Waals surface area contributed by atoms with E-state index in [0.717, 1.165) is 28.3 Å². The molecule has 0 aromatic heterocycles. The number of aryl methyl sites for hydroxylation is 3. The normalized spacial score (nSPS) is 11.2. The fourth-order valence-electron chi connectivity index (χ4n) is 3.82. The van der Waals surface area contributed by atoms with Crippen molar-refractivity contribution in [2.24, 2.45) is 0 Å². The van der Waals surface area contributed by atoms with Gasteiger partial charge >= 0.3 is 0 Å². The van der Waals surface area contributed by atoms with E-state index in [-0.39, 0.29) is 17.3 Å². The first-order valence-electron chi connectivity index (χ1n) is 12.0. The molecule has 186 valence electrons. The number of benzene rings is 3. The van der Waals surface area contributed by atoms with E-state index < -0.39 is 10.0 Å². The summed E-state index contributed by atoms with van der Waals surface area (Å²) in [6.45, 7) is 8.47. The highest BCUT2D eigenvalue weighted by Gasteiger charge is 2.27. The van der Waals surface area contributed by atoms with Gasteiger partial charge in [-0.3, -0.25) is 9.10 Å². The van der Waals surface area contributed by atoms with Gasteiger partial charge in [-0.2, -0.15) is 0 Å². The van der Waals surface area contributed by atoms with Gasteiger partial charge in [0.15, 0.2) is 0 Å². The van der Waals surface area contributed by atoms with Crippen molar-refractivity contribution in [1.29, 1.82) is 0 Å². The molecule has 1 amide bonds. The van der Waals surface area contributed by atoms with E-state index >= 15 is 0 Å². The Morgan fingerprint density at radius 3 is 2.17 bits per heavy atom. The highest BCUT2D eigenvalue weighted by atomic mass is 32.2. The van der Waals surface area contributed by atoms with Gasteiger partial charge in [-0.1, -0.05) is 49.7 Å². The van der Waals surface area contributed by atoms with E-state index in [1.807, 2.05) is 26.0 Å². The zero-order valence-electron chi connectivity index (χ0n) is 20.9. The second-order valence-electron chi connectivity index (χ2n) is 8.34. The van der Waals surface area contributed by atoms with Gasteiger partial charge < -0.3 is 10.1 Å². The second-order valence-corrected chi connectivity index (χ2v) is 10.2. The predicted molar refractivity (Wildman–Crippen MR) is 140 cm³/mol. The van der Waals surface area contributed by atoms with Crippen molar-refractivity contribution in [3.05, 3.63) is 89.0 Å². The van der Waals surface area contributed by atoms with Crippen molar-refractivity contribution in [2.45, 2.75) is 52.0 Å². The molecule has 0 heterocycles. The monoisotopic (exact) mass is 494 g/mol. The van der Waals surface area contributed by atoms with Crippen LogP contribution in [0.5, 0.6) is 5.75 Å². The molecule has 0 aliphatic rings. The Morgan fingerprint density at radius 2 is 1.57 bits per heavy atom. The Bertz CT molecular complexity index is 1240. The van der Waals surface area contributed by atoms with Crippen molar-refractivity contribution < 1.29 is 17.9 Å². The minimum atomic E-state index is -3.98. The van der Waals surface area contributed by atoms with Crippen LogP contribution in [0.25, 0.3) is 0 Å². The van der Waals surface area contributed by atoms with Crippen LogP contribution in [0.3, 0.4) is 0 Å². The third kappa shape index (κ3) is 6.63. The summed E-state index contributed by atoms with van der Waals surface area (Å²) in [6.07, 6.45) is 1.77. The predicted octanol–water partition coefficient (Wildman–Crippen LogP) is 5.03. The Morgan fingerprint density at radius 1 is 0.886 bits per heavy atom. The molecule has 0 radical (unpaired) electrons. The highest BCUT2D eigenvalue weighted by molar-refractivity contribution is 7.92. The average Bonchev–Trinajstić information content (AvgIpc) is 2.87. The van der Waals surface area contributed by atoms with Crippen LogP contribution >= 0.6 is 0 Å². The SMILES string of the molecule is CCOc1ccc(S(=O)(=O)N(CC(=O)NCc2cc(CC)ccc2CC)c2ccc(C)cc2)cc1. The maximum atomic E-state index is 13.6. The van der Waals surface area contributed by atoms with E-state index in [9.17, 15) is 13.2 Å². The van der Waals surface area contributed by atoms with Crippen molar-refractivity contribution >= 4 is 21.6 Å². The molecule has 3 rings (SSSR count). The lowest BCUT2D eigenvalue weighted by Gasteiger charge is -2.24. The van der Waals surface area contributed by atoms with Gasteiger partial charge in [0.25, 0.3) is 10.0 Å². The van der Waals surface area contributed by atoms with Crippen LogP contribution in [-0.4, -0.2) is 27.5 Å². The number of hydrogen-bond donors (Lipinski definition) is 1. The van der Waals surface area contributed by atoms with Crippen molar-refractivity contribution in [2.75, 3.05) is 17.5 Å². The van der Waals surface area contributed by atoms with Gasteiger partial charge in [-0.25, -0.2) is 8.42 Å². The minimum Gasteiger partial charge on any atom is -0.494 e. The van der Waals surface area contributed by atoms with Gasteiger partial charge in [0.05, 0.1) is 17.2 Å². The van der Waals surface area contributed by atoms with Gasteiger partial charge in [-0.05, 0) is 79.8 Å². The fraction of sp³-hybridized carbons (Fsp3) is 0.321. The molecule has 0 atom stereocenters. The molecule has 0 fully saturated rings. The molecular weight excluding hydrogens is 460 g/mol. The van der Waals surface area contributed by atoms with Gasteiger partial charge in [0.2, 0.25) is 5.91 Å². The lowest BCUT2D eigenvalue weighted by atomic mass is 10.0. The van der Waals surface area contributed by atoms with Crippen LogP contribution in [-0.2, 0) is 34.2 Å². The second kappa shape index (κ2) is 11.9. The van der Waals surface area contributed by atoms with Gasteiger partial charge in [0.1, 0.15) is 12.3 Å². The average molecular weight is 495 g/mol. The van der Waals surface area contributed by atoms with E-state index in [1.54, 1.807) is 24.3 Å². The number of rotatable bonds is 11. The minimum absolute atomic E-state index is 0.0956. The lowest BCUT2D eigenvalue weighted by Crippen LogP contribution is -2.40. The number of sulfonamides is 1. The molecule has 0 bridgehead atoms. The molecule has 0 spiro atoms. The zero-order valence-corrected chi connectivity index (χ0v) is 21.7. The molecule has 1 N–H and O–H groups in total. The maximum absolute atomic E-state index is 13.6. The molecule has 0 unspecified atom stereocenters. The molecule has 0 aliphatic carbocycles. The smallest absolute Gasteiger partial charge is 0.264 e. The van der Waals surface area contributed by atoms with Crippen LogP contribution in [0.2, 0.25) is 0 Å². The number of hydrogen-bond acceptors (Lipinski definition) is 4. The summed E-state index contributed by atoms with van der Waals surface area (Å²) >= 11 is 0. The summed E-state index contributed by atoms with van der Waals surface area (Å²) in [4.78, 5) is 13.1. The first-order valence-corrected chi connectivity index (χ1v) is 13.4. The van der Waals surface area contributed by atoms with E-state index in [4.69, 9.17) is 4.74 Å². The fourth-order valence-corrected chi connectivity index (χ4v) is 5.24. The summed E-state index contributed by atoms with van der Waals surface area (Å²) in [5.74, 6) is 0.219. The third-order valence-corrected chi connectivity index (χ3v) is 7.66. The van der Waals surface area contributed by atoms with E-state index in [0.29, 0.717) is 24.6 Å².